The summed E-state index contributed by atoms with van der Waals surface area (Å²) in [5.74, 6) is -1.03. The zero-order chi connectivity index (χ0) is 29.9. The first-order valence-corrected chi connectivity index (χ1v) is 15.1. The Morgan fingerprint density at radius 3 is 2.37 bits per heavy atom. The van der Waals surface area contributed by atoms with E-state index in [9.17, 15) is 9.59 Å². The summed E-state index contributed by atoms with van der Waals surface area (Å²) in [6, 6.07) is 18.7. The van der Waals surface area contributed by atoms with Crippen molar-refractivity contribution in [2.45, 2.75) is 52.1 Å². The lowest BCUT2D eigenvalue weighted by Gasteiger charge is -2.23. The molecule has 0 spiro atoms. The van der Waals surface area contributed by atoms with Crippen molar-refractivity contribution >= 4 is 73.5 Å². The third-order valence-corrected chi connectivity index (χ3v) is 8.22. The van der Waals surface area contributed by atoms with Crippen LogP contribution in [0.3, 0.4) is 0 Å². The minimum Gasteiger partial charge on any atom is -0.460 e. The predicted octanol–water partition coefficient (Wildman–Crippen LogP) is 9.57. The molecule has 3 aromatic carbocycles. The first-order valence-electron chi connectivity index (χ1n) is 13.1. The summed E-state index contributed by atoms with van der Waals surface area (Å²) in [5, 5.41) is 4.84. The largest absolute Gasteiger partial charge is 0.460 e. The van der Waals surface area contributed by atoms with Crippen molar-refractivity contribution in [3.8, 4) is 11.3 Å². The van der Waals surface area contributed by atoms with E-state index in [-0.39, 0.29) is 24.8 Å². The van der Waals surface area contributed by atoms with Crippen LogP contribution in [0.25, 0.3) is 22.2 Å². The number of nitrogens with one attached hydrogen (secondary N) is 1. The van der Waals surface area contributed by atoms with E-state index in [4.69, 9.17) is 44.5 Å². The van der Waals surface area contributed by atoms with Gasteiger partial charge in [-0.2, -0.15) is 0 Å². The van der Waals surface area contributed by atoms with Gasteiger partial charge in [0, 0.05) is 39.3 Å². The highest BCUT2D eigenvalue weighted by Gasteiger charge is 2.25. The van der Waals surface area contributed by atoms with E-state index in [0.29, 0.717) is 38.1 Å². The van der Waals surface area contributed by atoms with Crippen molar-refractivity contribution in [2.24, 2.45) is 0 Å². The molecule has 0 aliphatic carbocycles. The van der Waals surface area contributed by atoms with Gasteiger partial charge in [0.2, 0.25) is 0 Å². The van der Waals surface area contributed by atoms with Crippen LogP contribution in [-0.4, -0.2) is 29.0 Å². The quantitative estimate of drug-likeness (QED) is 0.149. The van der Waals surface area contributed by atoms with Crippen LogP contribution in [0.5, 0.6) is 0 Å². The molecule has 0 saturated heterocycles. The van der Waals surface area contributed by atoms with Gasteiger partial charge in [0.1, 0.15) is 5.60 Å². The van der Waals surface area contributed by atoms with Gasteiger partial charge in [-0.15, -0.1) is 0 Å². The maximum absolute atomic E-state index is 13.9. The van der Waals surface area contributed by atoms with E-state index in [1.54, 1.807) is 12.1 Å². The Hall–Kier alpha value is -2.64. The Balaban J connectivity index is 1.70. The van der Waals surface area contributed by atoms with Gasteiger partial charge in [-0.3, -0.25) is 9.59 Å². The van der Waals surface area contributed by atoms with E-state index in [1.807, 2.05) is 76.2 Å². The third-order valence-electron chi connectivity index (χ3n) is 6.58. The number of rotatable bonds is 8. The number of halogens is 4. The van der Waals surface area contributed by atoms with E-state index >= 15 is 0 Å². The van der Waals surface area contributed by atoms with Crippen molar-refractivity contribution in [1.82, 2.24) is 10.3 Å². The lowest BCUT2D eigenvalue weighted by atomic mass is 9.93. The molecule has 1 unspecified atom stereocenters. The van der Waals surface area contributed by atoms with Crippen molar-refractivity contribution in [2.75, 3.05) is 6.54 Å². The molecule has 5 nitrogen and oxygen atoms in total. The van der Waals surface area contributed by atoms with Crippen LogP contribution in [0.1, 0.15) is 61.0 Å². The molecule has 0 fully saturated rings. The number of ether oxygens (including phenoxy) is 1. The monoisotopic (exact) mass is 674 g/mol. The fourth-order valence-electron chi connectivity index (χ4n) is 4.75. The van der Waals surface area contributed by atoms with Crippen LogP contribution in [0.15, 0.2) is 65.1 Å². The van der Waals surface area contributed by atoms with Gasteiger partial charge in [-0.05, 0) is 75.6 Å². The van der Waals surface area contributed by atoms with E-state index in [2.05, 4.69) is 21.2 Å². The Labute approximate surface area is 263 Å². The first-order chi connectivity index (χ1) is 19.4. The third kappa shape index (κ3) is 7.61. The topological polar surface area (TPSA) is 68.3 Å². The second kappa shape index (κ2) is 13.1. The number of benzene rings is 3. The van der Waals surface area contributed by atoms with Gasteiger partial charge in [-0.1, -0.05) is 81.1 Å². The second-order valence-corrected chi connectivity index (χ2v) is 12.9. The van der Waals surface area contributed by atoms with Crippen LogP contribution in [0, 0.1) is 6.92 Å². The minimum atomic E-state index is -0.614. The fourth-order valence-corrected chi connectivity index (χ4v) is 5.96. The highest BCUT2D eigenvalue weighted by atomic mass is 79.9. The van der Waals surface area contributed by atoms with Gasteiger partial charge >= 0.3 is 5.97 Å². The highest BCUT2D eigenvalue weighted by Crippen LogP contribution is 2.39. The number of esters is 1. The lowest BCUT2D eigenvalue weighted by Crippen LogP contribution is -2.30. The maximum atomic E-state index is 13.9. The average Bonchev–Trinajstić information content (AvgIpc) is 2.91. The Bertz CT molecular complexity index is 1600. The summed E-state index contributed by atoms with van der Waals surface area (Å²) >= 11 is 23.0. The molecule has 1 atom stereocenters. The number of carbonyl (C=O) groups is 2. The molecule has 0 saturated carbocycles. The van der Waals surface area contributed by atoms with Crippen molar-refractivity contribution in [3.05, 3.63) is 96.9 Å². The summed E-state index contributed by atoms with van der Waals surface area (Å²) in [7, 11) is 0. The average molecular weight is 677 g/mol. The SMILES string of the molecule is Cc1c(-c2ccccc2)nc2ccc(Br)cc2c1C(=O)NCC(CCC(=O)OC(C)(C)C)c1c(Cl)ccc(Cl)c1Cl. The fraction of sp³-hybridized carbons (Fsp3) is 0.281. The van der Waals surface area contributed by atoms with Crippen molar-refractivity contribution in [1.29, 1.82) is 0 Å². The number of fused-ring (bicyclic) bond motifs is 1. The van der Waals surface area contributed by atoms with Crippen molar-refractivity contribution < 1.29 is 14.3 Å². The number of nitrogens with zero attached hydrogens (tertiary/aromatic N) is 1. The van der Waals surface area contributed by atoms with Gasteiger partial charge < -0.3 is 10.1 Å². The highest BCUT2D eigenvalue weighted by molar-refractivity contribution is 9.10. The normalized spacial score (nSPS) is 12.3. The van der Waals surface area contributed by atoms with Gasteiger partial charge in [0.05, 0.1) is 26.8 Å². The second-order valence-electron chi connectivity index (χ2n) is 10.8. The molecule has 214 valence electrons. The molecular formula is C32H30BrCl3N2O3. The van der Waals surface area contributed by atoms with Crippen LogP contribution in [-0.2, 0) is 9.53 Å². The van der Waals surface area contributed by atoms with E-state index in [1.165, 1.54) is 0 Å². The Morgan fingerprint density at radius 2 is 1.68 bits per heavy atom. The zero-order valence-electron chi connectivity index (χ0n) is 23.2. The molecular weight excluding hydrogens is 647 g/mol. The first kappa shape index (κ1) is 31.3. The van der Waals surface area contributed by atoms with Crippen molar-refractivity contribution in [3.63, 3.8) is 0 Å². The molecule has 41 heavy (non-hydrogen) atoms. The molecule has 1 amide bonds. The van der Waals surface area contributed by atoms with Crippen LogP contribution >= 0.6 is 50.7 Å². The van der Waals surface area contributed by atoms with Crippen LogP contribution in [0.4, 0.5) is 0 Å². The minimum absolute atomic E-state index is 0.110. The molecule has 1 aromatic heterocycles. The summed E-state index contributed by atoms with van der Waals surface area (Å²) < 4.78 is 6.34. The molecule has 0 radical (unpaired) electrons. The van der Waals surface area contributed by atoms with E-state index in [0.717, 1.165) is 26.7 Å². The summed E-state index contributed by atoms with van der Waals surface area (Å²) in [4.78, 5) is 31.4. The van der Waals surface area contributed by atoms with Crippen LogP contribution < -0.4 is 5.32 Å². The molecule has 0 bridgehead atoms. The number of pyridine rings is 1. The zero-order valence-corrected chi connectivity index (χ0v) is 27.0. The number of amides is 1. The smallest absolute Gasteiger partial charge is 0.306 e. The van der Waals surface area contributed by atoms with E-state index < -0.39 is 11.5 Å². The Kier molecular flexibility index (Phi) is 10.0. The van der Waals surface area contributed by atoms with Gasteiger partial charge in [0.25, 0.3) is 5.91 Å². The molecule has 0 aliphatic rings. The maximum Gasteiger partial charge on any atom is 0.306 e. The predicted molar refractivity (Wildman–Crippen MR) is 171 cm³/mol. The molecule has 4 aromatic rings. The van der Waals surface area contributed by atoms with Crippen LogP contribution in [0.2, 0.25) is 15.1 Å². The summed E-state index contributed by atoms with van der Waals surface area (Å²) in [5.41, 5.74) is 3.58. The number of carbonyl (C=O) groups excluding carboxylic acids is 2. The number of hydrogen-bond donors (Lipinski definition) is 1. The molecule has 4 rings (SSSR count). The molecule has 9 heteroatoms. The number of hydrogen-bond acceptors (Lipinski definition) is 4. The lowest BCUT2D eigenvalue weighted by molar-refractivity contribution is -0.155. The number of aromatic nitrogens is 1. The summed E-state index contributed by atoms with van der Waals surface area (Å²) in [6.07, 6.45) is 0.450. The molecule has 1 N–H and O–H groups in total. The summed E-state index contributed by atoms with van der Waals surface area (Å²) in [6.45, 7) is 7.51. The van der Waals surface area contributed by atoms with Gasteiger partial charge in [-0.25, -0.2) is 4.98 Å². The standard InChI is InChI=1S/C32H30BrCl3N2O3/c1-18-27(22-16-21(33)11-14-25(22)38-30(18)19-8-6-5-7-9-19)31(40)37-17-20(10-15-26(39)41-32(2,3)4)28-23(34)12-13-24(35)29(28)36/h5-9,11-14,16,20H,10,15,17H2,1-4H3,(H,37,40). The Morgan fingerprint density at radius 1 is 1.00 bits per heavy atom. The van der Waals surface area contributed by atoms with Gasteiger partial charge in [0.15, 0.2) is 0 Å². The molecule has 1 heterocycles. The molecule has 0 aliphatic heterocycles.